The number of allylic oxidation sites excluding steroid dienone is 1. The average Bonchev–Trinajstić information content (AvgIpc) is 2.58. The smallest absolute Gasteiger partial charge is 0.110 e. The van der Waals surface area contributed by atoms with Gasteiger partial charge in [-0.2, -0.15) is 0 Å². The fraction of sp³-hybridized carbons (Fsp3) is 0.389. The minimum Gasteiger partial charge on any atom is -0.497 e. The topological polar surface area (TPSA) is 46.2 Å². The summed E-state index contributed by atoms with van der Waals surface area (Å²) in [6.45, 7) is 2.81. The average molecular weight is 332 g/mol. The number of aromatic nitrogens is 1. The molecule has 1 aliphatic rings. The Labute approximate surface area is 141 Å². The maximum atomic E-state index is 6.01. The minimum absolute atomic E-state index is 0.321. The lowest BCUT2D eigenvalue weighted by Gasteiger charge is -2.19. The molecule has 1 aromatic carbocycles. The summed E-state index contributed by atoms with van der Waals surface area (Å²) in [7, 11) is 0. The summed E-state index contributed by atoms with van der Waals surface area (Å²) < 4.78 is 5.54. The van der Waals surface area contributed by atoms with Crippen LogP contribution in [0.4, 0.5) is 5.69 Å². The van der Waals surface area contributed by atoms with Crippen molar-refractivity contribution < 1.29 is 4.74 Å². The Morgan fingerprint density at radius 1 is 1.26 bits per heavy atom. The lowest BCUT2D eigenvalue weighted by molar-refractivity contribution is 0.122. The molecule has 0 aliphatic carbocycles. The fourth-order valence-corrected chi connectivity index (χ4v) is 2.88. The zero-order valence-electron chi connectivity index (χ0n) is 13.1. The van der Waals surface area contributed by atoms with Crippen LogP contribution < -0.4 is 10.6 Å². The molecule has 0 saturated carbocycles. The van der Waals surface area contributed by atoms with E-state index in [-0.39, 0.29) is 0 Å². The Morgan fingerprint density at radius 3 is 3.09 bits per heavy atom. The highest BCUT2D eigenvalue weighted by atomic mass is 35.5. The van der Waals surface area contributed by atoms with Gasteiger partial charge >= 0.3 is 0 Å². The third-order valence-electron chi connectivity index (χ3n) is 3.95. The largest absolute Gasteiger partial charge is 0.497 e. The lowest BCUT2D eigenvalue weighted by atomic mass is 10.1. The first kappa shape index (κ1) is 16.1. The molecule has 5 heteroatoms. The Kier molecular flexibility index (Phi) is 5.72. The van der Waals surface area contributed by atoms with E-state index in [0.29, 0.717) is 11.1 Å². The summed E-state index contributed by atoms with van der Waals surface area (Å²) in [6.07, 6.45) is 9.31. The van der Waals surface area contributed by atoms with Gasteiger partial charge in [0.2, 0.25) is 0 Å². The Hall–Kier alpha value is -1.78. The van der Waals surface area contributed by atoms with Crippen LogP contribution in [0.2, 0.25) is 5.02 Å². The Morgan fingerprint density at radius 2 is 2.22 bits per heavy atom. The molecule has 122 valence electrons. The molecule has 2 heterocycles. The highest BCUT2D eigenvalue weighted by Gasteiger charge is 2.09. The summed E-state index contributed by atoms with van der Waals surface area (Å²) >= 11 is 6.01. The normalized spacial score (nSPS) is 17.2. The number of anilines is 1. The summed E-state index contributed by atoms with van der Waals surface area (Å²) in [6, 6.07) is 7.81. The standard InChI is InChI=1S/C18H22ClN3O/c19-14-5-6-16-17(7-10-22-18(16)12-14)21-9-3-8-20-13-15-4-1-2-11-23-15/h2,5-7,10-12,15,20H,1,3-4,8-9,13H2,(H,21,22). The lowest BCUT2D eigenvalue weighted by Crippen LogP contribution is -2.30. The van der Waals surface area contributed by atoms with Crippen molar-refractivity contribution in [1.29, 1.82) is 0 Å². The number of halogens is 1. The number of ether oxygens (including phenoxy) is 1. The third kappa shape index (κ3) is 4.60. The van der Waals surface area contributed by atoms with E-state index in [2.05, 4.69) is 21.7 Å². The molecule has 2 aromatic rings. The van der Waals surface area contributed by atoms with Crippen molar-refractivity contribution in [3.05, 3.63) is 47.8 Å². The van der Waals surface area contributed by atoms with E-state index in [1.165, 1.54) is 0 Å². The second-order valence-corrected chi connectivity index (χ2v) is 6.15. The monoisotopic (exact) mass is 331 g/mol. The van der Waals surface area contributed by atoms with Gasteiger partial charge in [-0.3, -0.25) is 4.98 Å². The van der Waals surface area contributed by atoms with Gasteiger partial charge < -0.3 is 15.4 Å². The molecule has 1 atom stereocenters. The molecule has 4 nitrogen and oxygen atoms in total. The van der Waals surface area contributed by atoms with Gasteiger partial charge in [0.15, 0.2) is 0 Å². The summed E-state index contributed by atoms with van der Waals surface area (Å²) in [4.78, 5) is 4.36. The van der Waals surface area contributed by atoms with Gasteiger partial charge in [-0.1, -0.05) is 11.6 Å². The van der Waals surface area contributed by atoms with Crippen molar-refractivity contribution in [3.63, 3.8) is 0 Å². The molecular weight excluding hydrogens is 310 g/mol. The third-order valence-corrected chi connectivity index (χ3v) is 4.18. The van der Waals surface area contributed by atoms with Crippen LogP contribution in [0.15, 0.2) is 42.8 Å². The maximum absolute atomic E-state index is 6.01. The number of benzene rings is 1. The van der Waals surface area contributed by atoms with E-state index in [4.69, 9.17) is 16.3 Å². The molecule has 2 N–H and O–H groups in total. The molecule has 1 aromatic heterocycles. The van der Waals surface area contributed by atoms with E-state index in [9.17, 15) is 0 Å². The predicted molar refractivity (Wildman–Crippen MR) is 96.0 cm³/mol. The van der Waals surface area contributed by atoms with Gasteiger partial charge in [0, 0.05) is 35.4 Å². The molecule has 0 radical (unpaired) electrons. The molecule has 0 bridgehead atoms. The number of nitrogens with zero attached hydrogens (tertiary/aromatic N) is 1. The first-order valence-electron chi connectivity index (χ1n) is 8.12. The van der Waals surface area contributed by atoms with Crippen LogP contribution in [0.3, 0.4) is 0 Å². The van der Waals surface area contributed by atoms with Crippen LogP contribution in [-0.2, 0) is 4.74 Å². The number of fused-ring (bicyclic) bond motifs is 1. The molecule has 0 fully saturated rings. The van der Waals surface area contributed by atoms with Gasteiger partial charge in [-0.25, -0.2) is 0 Å². The van der Waals surface area contributed by atoms with Gasteiger partial charge in [-0.15, -0.1) is 0 Å². The Balaban J connectivity index is 1.41. The van der Waals surface area contributed by atoms with Gasteiger partial charge in [0.05, 0.1) is 11.8 Å². The fourth-order valence-electron chi connectivity index (χ4n) is 2.71. The van der Waals surface area contributed by atoms with Crippen molar-refractivity contribution in [1.82, 2.24) is 10.3 Å². The van der Waals surface area contributed by atoms with Crippen LogP contribution >= 0.6 is 11.6 Å². The molecule has 3 rings (SSSR count). The van der Waals surface area contributed by atoms with Crippen LogP contribution in [0.25, 0.3) is 10.9 Å². The SMILES string of the molecule is Clc1ccc2c(NCCCNCC3CCC=CO3)ccnc2c1. The van der Waals surface area contributed by atoms with Gasteiger partial charge in [0.1, 0.15) is 6.10 Å². The Bertz CT molecular complexity index is 674. The van der Waals surface area contributed by atoms with Crippen LogP contribution in [0, 0.1) is 0 Å². The first-order valence-corrected chi connectivity index (χ1v) is 8.50. The first-order chi connectivity index (χ1) is 11.3. The second-order valence-electron chi connectivity index (χ2n) is 5.71. The van der Waals surface area contributed by atoms with Crippen molar-refractivity contribution in [3.8, 4) is 0 Å². The van der Waals surface area contributed by atoms with Crippen molar-refractivity contribution in [2.45, 2.75) is 25.4 Å². The number of hydrogen-bond donors (Lipinski definition) is 2. The van der Waals surface area contributed by atoms with Crippen molar-refractivity contribution >= 4 is 28.2 Å². The highest BCUT2D eigenvalue weighted by Crippen LogP contribution is 2.24. The number of pyridine rings is 1. The number of nitrogens with one attached hydrogen (secondary N) is 2. The summed E-state index contributed by atoms with van der Waals surface area (Å²) in [5.41, 5.74) is 2.02. The predicted octanol–water partition coefficient (Wildman–Crippen LogP) is 3.97. The minimum atomic E-state index is 0.321. The van der Waals surface area contributed by atoms with E-state index >= 15 is 0 Å². The van der Waals surface area contributed by atoms with Crippen molar-refractivity contribution in [2.24, 2.45) is 0 Å². The van der Waals surface area contributed by atoms with E-state index in [1.807, 2.05) is 36.7 Å². The van der Waals surface area contributed by atoms with Crippen LogP contribution in [0.5, 0.6) is 0 Å². The van der Waals surface area contributed by atoms with Crippen LogP contribution in [0.1, 0.15) is 19.3 Å². The van der Waals surface area contributed by atoms with Gasteiger partial charge in [-0.05, 0) is 56.1 Å². The molecular formula is C18H22ClN3O. The molecule has 0 spiro atoms. The highest BCUT2D eigenvalue weighted by molar-refractivity contribution is 6.31. The number of rotatable bonds is 7. The maximum Gasteiger partial charge on any atom is 0.110 e. The molecule has 23 heavy (non-hydrogen) atoms. The molecule has 0 saturated heterocycles. The van der Waals surface area contributed by atoms with E-state index in [0.717, 1.165) is 55.5 Å². The number of hydrogen-bond acceptors (Lipinski definition) is 4. The van der Waals surface area contributed by atoms with Crippen LogP contribution in [-0.4, -0.2) is 30.7 Å². The zero-order chi connectivity index (χ0) is 15.9. The summed E-state index contributed by atoms with van der Waals surface area (Å²) in [5, 5.41) is 8.76. The molecule has 0 amide bonds. The van der Waals surface area contributed by atoms with Crippen molar-refractivity contribution in [2.75, 3.05) is 25.0 Å². The zero-order valence-corrected chi connectivity index (χ0v) is 13.9. The molecule has 1 unspecified atom stereocenters. The van der Waals surface area contributed by atoms with E-state index in [1.54, 1.807) is 0 Å². The quantitative estimate of drug-likeness (QED) is 0.753. The molecule has 1 aliphatic heterocycles. The van der Waals surface area contributed by atoms with E-state index < -0.39 is 0 Å². The summed E-state index contributed by atoms with van der Waals surface area (Å²) in [5.74, 6) is 0. The second kappa shape index (κ2) is 8.18. The van der Waals surface area contributed by atoms with Gasteiger partial charge in [0.25, 0.3) is 0 Å².